The van der Waals surface area contributed by atoms with Crippen molar-refractivity contribution in [3.05, 3.63) is 36.0 Å². The van der Waals surface area contributed by atoms with Crippen molar-refractivity contribution >= 4 is 28.5 Å². The highest BCUT2D eigenvalue weighted by atomic mass is 16.5. The molecule has 160 valence electrons. The fraction of sp³-hybridized carbons (Fsp3) is 0.542. The zero-order chi connectivity index (χ0) is 20.9. The van der Waals surface area contributed by atoms with Crippen LogP contribution in [0.1, 0.15) is 55.8 Å². The van der Waals surface area contributed by atoms with E-state index in [4.69, 9.17) is 4.74 Å². The van der Waals surface area contributed by atoms with Crippen molar-refractivity contribution in [2.45, 2.75) is 45.4 Å². The third kappa shape index (κ3) is 4.27. The zero-order valence-electron chi connectivity index (χ0n) is 17.8. The predicted molar refractivity (Wildman–Crippen MR) is 118 cm³/mol. The van der Waals surface area contributed by atoms with E-state index in [-0.39, 0.29) is 11.9 Å². The molecule has 2 aromatic rings. The van der Waals surface area contributed by atoms with Gasteiger partial charge in [-0.05, 0) is 38.7 Å². The van der Waals surface area contributed by atoms with Gasteiger partial charge in [0.15, 0.2) is 0 Å². The van der Waals surface area contributed by atoms with Crippen molar-refractivity contribution in [2.24, 2.45) is 5.92 Å². The highest BCUT2D eigenvalue weighted by molar-refractivity contribution is 6.05. The Bertz CT molecular complexity index is 898. The number of carbonyl (C=O) groups is 2. The van der Waals surface area contributed by atoms with E-state index in [1.807, 2.05) is 31.2 Å². The number of aromatic nitrogens is 1. The van der Waals surface area contributed by atoms with E-state index in [9.17, 15) is 9.59 Å². The molecule has 0 aliphatic carbocycles. The summed E-state index contributed by atoms with van der Waals surface area (Å²) >= 11 is 0. The van der Waals surface area contributed by atoms with Crippen LogP contribution in [0.25, 0.3) is 10.9 Å². The lowest BCUT2D eigenvalue weighted by Crippen LogP contribution is -2.43. The maximum atomic E-state index is 13.0. The molecule has 1 aromatic carbocycles. The second-order valence-electron chi connectivity index (χ2n) is 8.26. The first-order valence-electron chi connectivity index (χ1n) is 11.3. The van der Waals surface area contributed by atoms with E-state index in [1.165, 1.54) is 12.8 Å². The van der Waals surface area contributed by atoms with Gasteiger partial charge in [-0.1, -0.05) is 31.0 Å². The monoisotopic (exact) mass is 409 g/mol. The van der Waals surface area contributed by atoms with Gasteiger partial charge in [0.25, 0.3) is 0 Å². The number of fused-ring (bicyclic) bond motifs is 1. The predicted octanol–water partition coefficient (Wildman–Crippen LogP) is 4.03. The Labute approximate surface area is 178 Å². The third-order valence-corrected chi connectivity index (χ3v) is 6.32. The standard InChI is InChI=1S/C24H31N3O3/c1-2-30-24(29)20-17-25-21-10-6-5-9-19(21)22(20)26-15-11-18(12-16-26)23(28)27-13-7-3-4-8-14-27/h5-6,9-10,17-18H,2-4,7-8,11-16H2,1H3. The molecule has 0 atom stereocenters. The molecule has 0 spiro atoms. The molecule has 0 saturated carbocycles. The zero-order valence-corrected chi connectivity index (χ0v) is 17.8. The topological polar surface area (TPSA) is 62.7 Å². The second-order valence-corrected chi connectivity index (χ2v) is 8.26. The smallest absolute Gasteiger partial charge is 0.341 e. The number of ether oxygens (including phenoxy) is 1. The minimum absolute atomic E-state index is 0.0819. The Kier molecular flexibility index (Phi) is 6.50. The molecule has 0 bridgehead atoms. The van der Waals surface area contributed by atoms with Gasteiger partial charge in [0.1, 0.15) is 5.56 Å². The highest BCUT2D eigenvalue weighted by Gasteiger charge is 2.31. The molecular weight excluding hydrogens is 378 g/mol. The first-order valence-corrected chi connectivity index (χ1v) is 11.3. The molecule has 0 unspecified atom stereocenters. The number of hydrogen-bond donors (Lipinski definition) is 0. The van der Waals surface area contributed by atoms with Crippen LogP contribution in [0.4, 0.5) is 5.69 Å². The first kappa shape index (κ1) is 20.6. The van der Waals surface area contributed by atoms with Crippen LogP contribution >= 0.6 is 0 Å². The number of pyridine rings is 1. The molecule has 2 aliphatic rings. The molecule has 1 amide bonds. The number of amides is 1. The number of likely N-dealkylation sites (tertiary alicyclic amines) is 1. The summed E-state index contributed by atoms with van der Waals surface area (Å²) in [7, 11) is 0. The number of rotatable bonds is 4. The summed E-state index contributed by atoms with van der Waals surface area (Å²) in [6, 6.07) is 7.89. The molecule has 30 heavy (non-hydrogen) atoms. The molecule has 6 nitrogen and oxygen atoms in total. The second kappa shape index (κ2) is 9.45. The van der Waals surface area contributed by atoms with E-state index < -0.39 is 0 Å². The van der Waals surface area contributed by atoms with Crippen LogP contribution in [0.3, 0.4) is 0 Å². The molecule has 2 fully saturated rings. The largest absolute Gasteiger partial charge is 0.462 e. The number of carbonyl (C=O) groups excluding carboxylic acids is 2. The lowest BCUT2D eigenvalue weighted by molar-refractivity contribution is -0.136. The van der Waals surface area contributed by atoms with E-state index in [2.05, 4.69) is 14.8 Å². The number of nitrogens with zero attached hydrogens (tertiary/aromatic N) is 3. The number of piperidine rings is 1. The lowest BCUT2D eigenvalue weighted by Gasteiger charge is -2.36. The van der Waals surface area contributed by atoms with Gasteiger partial charge in [-0.25, -0.2) is 4.79 Å². The lowest BCUT2D eigenvalue weighted by atomic mass is 9.93. The van der Waals surface area contributed by atoms with E-state index in [0.29, 0.717) is 18.1 Å². The van der Waals surface area contributed by atoms with Gasteiger partial charge in [-0.3, -0.25) is 9.78 Å². The number of para-hydroxylation sites is 1. The van der Waals surface area contributed by atoms with Crippen LogP contribution in [0.5, 0.6) is 0 Å². The van der Waals surface area contributed by atoms with Gasteiger partial charge in [0, 0.05) is 43.7 Å². The van der Waals surface area contributed by atoms with Crippen LogP contribution in [-0.2, 0) is 9.53 Å². The van der Waals surface area contributed by atoms with Gasteiger partial charge in [-0.2, -0.15) is 0 Å². The van der Waals surface area contributed by atoms with Crippen molar-refractivity contribution in [2.75, 3.05) is 37.7 Å². The third-order valence-electron chi connectivity index (χ3n) is 6.32. The van der Waals surface area contributed by atoms with Crippen LogP contribution < -0.4 is 4.90 Å². The van der Waals surface area contributed by atoms with Gasteiger partial charge < -0.3 is 14.5 Å². The van der Waals surface area contributed by atoms with Gasteiger partial charge in [0.2, 0.25) is 5.91 Å². The van der Waals surface area contributed by atoms with Gasteiger partial charge >= 0.3 is 5.97 Å². The SMILES string of the molecule is CCOC(=O)c1cnc2ccccc2c1N1CCC(C(=O)N2CCCCCC2)CC1. The number of hydrogen-bond acceptors (Lipinski definition) is 5. The molecule has 2 saturated heterocycles. The Morgan fingerprint density at radius 1 is 1.03 bits per heavy atom. The summed E-state index contributed by atoms with van der Waals surface area (Å²) in [6.07, 6.45) is 7.96. The van der Waals surface area contributed by atoms with Crippen molar-refractivity contribution in [1.29, 1.82) is 0 Å². The summed E-state index contributed by atoms with van der Waals surface area (Å²) < 4.78 is 5.29. The molecule has 6 heteroatoms. The Morgan fingerprint density at radius 3 is 2.43 bits per heavy atom. The Balaban J connectivity index is 1.54. The molecule has 2 aliphatic heterocycles. The van der Waals surface area contributed by atoms with Gasteiger partial charge in [-0.15, -0.1) is 0 Å². The van der Waals surface area contributed by atoms with Crippen LogP contribution in [0, 0.1) is 5.92 Å². The minimum Gasteiger partial charge on any atom is -0.462 e. The van der Waals surface area contributed by atoms with Crippen molar-refractivity contribution in [1.82, 2.24) is 9.88 Å². The number of benzene rings is 1. The first-order chi connectivity index (χ1) is 14.7. The minimum atomic E-state index is -0.339. The maximum Gasteiger partial charge on any atom is 0.341 e. The molecule has 0 radical (unpaired) electrons. The van der Waals surface area contributed by atoms with E-state index in [0.717, 1.165) is 68.5 Å². The maximum absolute atomic E-state index is 13.0. The van der Waals surface area contributed by atoms with Crippen molar-refractivity contribution < 1.29 is 14.3 Å². The average molecular weight is 410 g/mol. The fourth-order valence-electron chi connectivity index (χ4n) is 4.73. The van der Waals surface area contributed by atoms with Crippen molar-refractivity contribution in [3.8, 4) is 0 Å². The molecule has 1 aromatic heterocycles. The molecular formula is C24H31N3O3. The number of anilines is 1. The van der Waals surface area contributed by atoms with Crippen LogP contribution in [0.15, 0.2) is 30.5 Å². The van der Waals surface area contributed by atoms with Crippen LogP contribution in [0.2, 0.25) is 0 Å². The van der Waals surface area contributed by atoms with Crippen molar-refractivity contribution in [3.63, 3.8) is 0 Å². The normalized spacial score (nSPS) is 18.3. The molecule has 3 heterocycles. The van der Waals surface area contributed by atoms with Crippen LogP contribution in [-0.4, -0.2) is 54.5 Å². The quantitative estimate of drug-likeness (QED) is 0.714. The highest BCUT2D eigenvalue weighted by Crippen LogP contribution is 2.33. The van der Waals surface area contributed by atoms with Gasteiger partial charge in [0.05, 0.1) is 17.8 Å². The molecule has 0 N–H and O–H groups in total. The van der Waals surface area contributed by atoms with E-state index >= 15 is 0 Å². The summed E-state index contributed by atoms with van der Waals surface area (Å²) in [4.78, 5) is 34.4. The average Bonchev–Trinajstić information content (AvgIpc) is 3.08. The summed E-state index contributed by atoms with van der Waals surface area (Å²) in [5.41, 5.74) is 2.26. The fourth-order valence-corrected chi connectivity index (χ4v) is 4.73. The summed E-state index contributed by atoms with van der Waals surface area (Å²) in [5.74, 6) is 0.0637. The Morgan fingerprint density at radius 2 is 1.73 bits per heavy atom. The number of esters is 1. The van der Waals surface area contributed by atoms with E-state index in [1.54, 1.807) is 6.20 Å². The summed E-state index contributed by atoms with van der Waals surface area (Å²) in [5, 5.41) is 0.959. The summed E-state index contributed by atoms with van der Waals surface area (Å²) in [6.45, 7) is 5.46. The molecule has 4 rings (SSSR count). The Hall–Kier alpha value is -2.63.